The molecule has 1 aromatic rings. The summed E-state index contributed by atoms with van der Waals surface area (Å²) in [5.41, 5.74) is 0. The molecule has 18 heavy (non-hydrogen) atoms. The first-order valence-corrected chi connectivity index (χ1v) is 7.12. The van der Waals surface area contributed by atoms with E-state index in [-0.39, 0.29) is 6.29 Å². The molecule has 0 aliphatic carbocycles. The van der Waals surface area contributed by atoms with Gasteiger partial charge < -0.3 is 9.47 Å². The Morgan fingerprint density at radius 1 is 1.17 bits per heavy atom. The van der Waals surface area contributed by atoms with Gasteiger partial charge in [0.15, 0.2) is 6.29 Å². The van der Waals surface area contributed by atoms with Gasteiger partial charge in [-0.15, -0.1) is 0 Å². The van der Waals surface area contributed by atoms with Crippen molar-refractivity contribution in [3.63, 3.8) is 0 Å². The standard InChI is InChI=1S/C14H20Cl2O2/c1-3-4-5-6-9-17-11(2)18-14-8-7-12(15)10-13(14)16/h7-8,10-11H,3-6,9H2,1-2H3. The average molecular weight is 291 g/mol. The highest BCUT2D eigenvalue weighted by atomic mass is 35.5. The van der Waals surface area contributed by atoms with Gasteiger partial charge in [-0.2, -0.15) is 0 Å². The fourth-order valence-electron chi connectivity index (χ4n) is 1.56. The van der Waals surface area contributed by atoms with E-state index >= 15 is 0 Å². The molecule has 1 aromatic carbocycles. The molecular weight excluding hydrogens is 271 g/mol. The van der Waals surface area contributed by atoms with Crippen LogP contribution in [0.2, 0.25) is 10.0 Å². The summed E-state index contributed by atoms with van der Waals surface area (Å²) >= 11 is 11.8. The summed E-state index contributed by atoms with van der Waals surface area (Å²) in [5, 5.41) is 1.10. The van der Waals surface area contributed by atoms with Crippen molar-refractivity contribution in [1.82, 2.24) is 0 Å². The predicted molar refractivity (Wildman–Crippen MR) is 76.6 cm³/mol. The highest BCUT2D eigenvalue weighted by Crippen LogP contribution is 2.28. The summed E-state index contributed by atoms with van der Waals surface area (Å²) in [6.07, 6.45) is 4.44. The minimum atomic E-state index is -0.301. The van der Waals surface area contributed by atoms with E-state index in [9.17, 15) is 0 Å². The SMILES string of the molecule is CCCCCCOC(C)Oc1ccc(Cl)cc1Cl. The Kier molecular flexibility index (Phi) is 7.48. The molecule has 0 fully saturated rings. The van der Waals surface area contributed by atoms with Crippen molar-refractivity contribution >= 4 is 23.2 Å². The van der Waals surface area contributed by atoms with Gasteiger partial charge in [0, 0.05) is 5.02 Å². The first-order chi connectivity index (χ1) is 8.63. The van der Waals surface area contributed by atoms with Gasteiger partial charge >= 0.3 is 0 Å². The van der Waals surface area contributed by atoms with Crippen LogP contribution in [0.4, 0.5) is 0 Å². The predicted octanol–water partition coefficient (Wildman–Crippen LogP) is 5.32. The molecule has 0 saturated carbocycles. The number of rotatable bonds is 8. The van der Waals surface area contributed by atoms with E-state index in [0.717, 1.165) is 6.42 Å². The van der Waals surface area contributed by atoms with Crippen molar-refractivity contribution in [2.75, 3.05) is 6.61 Å². The van der Waals surface area contributed by atoms with Gasteiger partial charge in [0.1, 0.15) is 5.75 Å². The lowest BCUT2D eigenvalue weighted by molar-refractivity contribution is -0.0676. The molecule has 0 saturated heterocycles. The van der Waals surface area contributed by atoms with Gasteiger partial charge in [-0.1, -0.05) is 49.4 Å². The lowest BCUT2D eigenvalue weighted by Crippen LogP contribution is -2.17. The molecule has 0 aliphatic heterocycles. The first kappa shape index (κ1) is 15.6. The van der Waals surface area contributed by atoms with Gasteiger partial charge in [-0.25, -0.2) is 0 Å². The fourth-order valence-corrected chi connectivity index (χ4v) is 2.01. The monoisotopic (exact) mass is 290 g/mol. The van der Waals surface area contributed by atoms with Crippen LogP contribution in [0.5, 0.6) is 5.75 Å². The molecule has 1 rings (SSSR count). The zero-order chi connectivity index (χ0) is 13.4. The molecule has 0 aromatic heterocycles. The second-order valence-corrected chi connectivity index (χ2v) is 5.04. The molecular formula is C14H20Cl2O2. The summed E-state index contributed by atoms with van der Waals surface area (Å²) < 4.78 is 11.2. The van der Waals surface area contributed by atoms with Crippen LogP contribution in [0.15, 0.2) is 18.2 Å². The van der Waals surface area contributed by atoms with Gasteiger partial charge in [0.05, 0.1) is 11.6 Å². The van der Waals surface area contributed by atoms with Crippen LogP contribution >= 0.6 is 23.2 Å². The number of hydrogen-bond acceptors (Lipinski definition) is 2. The fraction of sp³-hybridized carbons (Fsp3) is 0.571. The highest BCUT2D eigenvalue weighted by molar-refractivity contribution is 6.35. The smallest absolute Gasteiger partial charge is 0.197 e. The quantitative estimate of drug-likeness (QED) is 0.477. The van der Waals surface area contributed by atoms with Crippen LogP contribution in [-0.2, 0) is 4.74 Å². The molecule has 0 amide bonds. The Morgan fingerprint density at radius 3 is 2.61 bits per heavy atom. The number of ether oxygens (including phenoxy) is 2. The van der Waals surface area contributed by atoms with Crippen LogP contribution in [0.25, 0.3) is 0 Å². The molecule has 1 atom stereocenters. The zero-order valence-electron chi connectivity index (χ0n) is 10.9. The minimum Gasteiger partial charge on any atom is -0.464 e. The third-order valence-electron chi connectivity index (χ3n) is 2.54. The van der Waals surface area contributed by atoms with Crippen molar-refractivity contribution in [3.8, 4) is 5.75 Å². The third kappa shape index (κ3) is 5.94. The van der Waals surface area contributed by atoms with E-state index < -0.39 is 0 Å². The Labute approximate surface area is 119 Å². The molecule has 102 valence electrons. The van der Waals surface area contributed by atoms with Crippen molar-refractivity contribution in [2.24, 2.45) is 0 Å². The van der Waals surface area contributed by atoms with Crippen molar-refractivity contribution < 1.29 is 9.47 Å². The van der Waals surface area contributed by atoms with Gasteiger partial charge in [-0.05, 0) is 31.5 Å². The summed E-state index contributed by atoms with van der Waals surface area (Å²) in [7, 11) is 0. The van der Waals surface area contributed by atoms with Crippen LogP contribution < -0.4 is 4.74 Å². The Hall–Kier alpha value is -0.440. The van der Waals surface area contributed by atoms with Gasteiger partial charge in [0.2, 0.25) is 0 Å². The number of benzene rings is 1. The molecule has 0 spiro atoms. The van der Waals surface area contributed by atoms with E-state index in [0.29, 0.717) is 22.4 Å². The highest BCUT2D eigenvalue weighted by Gasteiger charge is 2.07. The molecule has 4 heteroatoms. The number of unbranched alkanes of at least 4 members (excludes halogenated alkanes) is 3. The Morgan fingerprint density at radius 2 is 1.94 bits per heavy atom. The minimum absolute atomic E-state index is 0.301. The summed E-state index contributed by atoms with van der Waals surface area (Å²) in [6.45, 7) is 4.77. The van der Waals surface area contributed by atoms with Crippen LogP contribution in [0, 0.1) is 0 Å². The van der Waals surface area contributed by atoms with E-state index in [2.05, 4.69) is 6.92 Å². The molecule has 1 unspecified atom stereocenters. The van der Waals surface area contributed by atoms with Gasteiger partial charge in [0.25, 0.3) is 0 Å². The van der Waals surface area contributed by atoms with Crippen LogP contribution in [-0.4, -0.2) is 12.9 Å². The number of hydrogen-bond donors (Lipinski definition) is 0. The molecule has 0 N–H and O–H groups in total. The summed E-state index contributed by atoms with van der Waals surface area (Å²) in [5.74, 6) is 0.599. The Balaban J connectivity index is 2.28. The normalized spacial score (nSPS) is 12.4. The summed E-state index contributed by atoms with van der Waals surface area (Å²) in [6, 6.07) is 5.16. The second kappa shape index (κ2) is 8.63. The zero-order valence-corrected chi connectivity index (χ0v) is 12.4. The van der Waals surface area contributed by atoms with Gasteiger partial charge in [-0.3, -0.25) is 0 Å². The average Bonchev–Trinajstić information content (AvgIpc) is 2.32. The van der Waals surface area contributed by atoms with E-state index in [4.69, 9.17) is 32.7 Å². The topological polar surface area (TPSA) is 18.5 Å². The van der Waals surface area contributed by atoms with Crippen LogP contribution in [0.1, 0.15) is 39.5 Å². The lowest BCUT2D eigenvalue weighted by Gasteiger charge is -2.16. The maximum absolute atomic E-state index is 6.01. The van der Waals surface area contributed by atoms with E-state index in [1.54, 1.807) is 18.2 Å². The van der Waals surface area contributed by atoms with Crippen molar-refractivity contribution in [2.45, 2.75) is 45.8 Å². The maximum atomic E-state index is 6.01. The lowest BCUT2D eigenvalue weighted by atomic mass is 10.2. The molecule has 0 radical (unpaired) electrons. The second-order valence-electron chi connectivity index (χ2n) is 4.19. The third-order valence-corrected chi connectivity index (χ3v) is 3.07. The Bertz CT molecular complexity index is 356. The largest absolute Gasteiger partial charge is 0.464 e. The molecule has 2 nitrogen and oxygen atoms in total. The van der Waals surface area contributed by atoms with Crippen LogP contribution in [0.3, 0.4) is 0 Å². The van der Waals surface area contributed by atoms with Crippen molar-refractivity contribution in [3.05, 3.63) is 28.2 Å². The number of halogens is 2. The summed E-state index contributed by atoms with van der Waals surface area (Å²) in [4.78, 5) is 0. The van der Waals surface area contributed by atoms with E-state index in [1.165, 1.54) is 19.3 Å². The molecule has 0 aliphatic rings. The van der Waals surface area contributed by atoms with Crippen molar-refractivity contribution in [1.29, 1.82) is 0 Å². The van der Waals surface area contributed by atoms with E-state index in [1.807, 2.05) is 6.92 Å². The maximum Gasteiger partial charge on any atom is 0.197 e. The molecule has 0 bridgehead atoms. The molecule has 0 heterocycles. The first-order valence-electron chi connectivity index (χ1n) is 6.36.